The summed E-state index contributed by atoms with van der Waals surface area (Å²) in [5, 5.41) is 2.95. The van der Waals surface area contributed by atoms with Crippen LogP contribution in [0.3, 0.4) is 0 Å². The average molecular weight is 338 g/mol. The molecule has 0 unspecified atom stereocenters. The predicted octanol–water partition coefficient (Wildman–Crippen LogP) is 2.59. The Labute approximate surface area is 149 Å². The second-order valence-corrected chi connectivity index (χ2v) is 6.41. The van der Waals surface area contributed by atoms with Gasteiger partial charge in [-0.1, -0.05) is 31.2 Å². The zero-order valence-corrected chi connectivity index (χ0v) is 14.7. The average Bonchev–Trinajstić information content (AvgIpc) is 2.63. The van der Waals surface area contributed by atoms with Gasteiger partial charge in [-0.05, 0) is 36.2 Å². The van der Waals surface area contributed by atoms with Crippen molar-refractivity contribution in [1.29, 1.82) is 0 Å². The molecule has 1 heterocycles. The van der Waals surface area contributed by atoms with Crippen LogP contribution in [-0.2, 0) is 11.2 Å². The first kappa shape index (κ1) is 17.3. The number of nitrogens with one attached hydrogen (secondary N) is 1. The number of nitrogens with zero attached hydrogens (tertiary/aromatic N) is 2. The third-order valence-electron chi connectivity index (χ3n) is 4.67. The van der Waals surface area contributed by atoms with E-state index in [2.05, 4.69) is 46.3 Å². The molecule has 3 N–H and O–H groups in total. The molecule has 5 heteroatoms. The molecule has 1 aliphatic heterocycles. The van der Waals surface area contributed by atoms with Gasteiger partial charge in [0.15, 0.2) is 0 Å². The molecule has 25 heavy (non-hydrogen) atoms. The molecule has 1 aliphatic rings. The van der Waals surface area contributed by atoms with Crippen LogP contribution in [0, 0.1) is 0 Å². The Bertz CT molecular complexity index is 709. The second kappa shape index (κ2) is 8.03. The van der Waals surface area contributed by atoms with Crippen LogP contribution in [0.2, 0.25) is 0 Å². The van der Waals surface area contributed by atoms with Crippen LogP contribution in [0.5, 0.6) is 0 Å². The monoisotopic (exact) mass is 338 g/mol. The fourth-order valence-electron chi connectivity index (χ4n) is 3.20. The quantitative estimate of drug-likeness (QED) is 0.823. The minimum atomic E-state index is 0.0109. The van der Waals surface area contributed by atoms with Crippen LogP contribution in [0.1, 0.15) is 12.5 Å². The first-order valence-electron chi connectivity index (χ1n) is 8.86. The fraction of sp³-hybridized carbons (Fsp3) is 0.350. The molecule has 2 aromatic rings. The molecule has 3 rings (SSSR count). The third-order valence-corrected chi connectivity index (χ3v) is 4.67. The Morgan fingerprint density at radius 1 is 1.08 bits per heavy atom. The van der Waals surface area contributed by atoms with Gasteiger partial charge in [-0.15, -0.1) is 0 Å². The number of carbonyl (C=O) groups is 1. The van der Waals surface area contributed by atoms with Gasteiger partial charge in [-0.2, -0.15) is 0 Å². The number of nitrogens with two attached hydrogens (primary N) is 1. The first-order chi connectivity index (χ1) is 12.2. The summed E-state index contributed by atoms with van der Waals surface area (Å²) in [5.74, 6) is 0.0109. The highest BCUT2D eigenvalue weighted by molar-refractivity contribution is 5.92. The van der Waals surface area contributed by atoms with Gasteiger partial charge in [0.1, 0.15) is 0 Å². The van der Waals surface area contributed by atoms with E-state index in [4.69, 9.17) is 5.73 Å². The molecule has 0 aromatic heterocycles. The zero-order chi connectivity index (χ0) is 17.6. The number of para-hydroxylation sites is 1. The number of hydrogen-bond donors (Lipinski definition) is 2. The molecule has 2 aromatic carbocycles. The normalized spacial score (nSPS) is 15.2. The maximum absolute atomic E-state index is 12.3. The molecular formula is C20H26N4O. The highest BCUT2D eigenvalue weighted by Crippen LogP contribution is 2.19. The largest absolute Gasteiger partial charge is 0.398 e. The third kappa shape index (κ3) is 4.51. The number of hydrogen-bond acceptors (Lipinski definition) is 4. The minimum Gasteiger partial charge on any atom is -0.398 e. The molecule has 132 valence electrons. The number of benzene rings is 2. The number of carbonyl (C=O) groups excluding carboxylic acids is 1. The van der Waals surface area contributed by atoms with Gasteiger partial charge in [0.25, 0.3) is 0 Å². The lowest BCUT2D eigenvalue weighted by Gasteiger charge is -2.35. The van der Waals surface area contributed by atoms with E-state index in [1.807, 2.05) is 24.3 Å². The van der Waals surface area contributed by atoms with Crippen LogP contribution in [0.15, 0.2) is 48.5 Å². The smallest absolute Gasteiger partial charge is 0.238 e. The summed E-state index contributed by atoms with van der Waals surface area (Å²) in [4.78, 5) is 16.8. The van der Waals surface area contributed by atoms with Gasteiger partial charge in [-0.3, -0.25) is 9.69 Å². The summed E-state index contributed by atoms with van der Waals surface area (Å²) in [6.45, 7) is 6.14. The maximum Gasteiger partial charge on any atom is 0.238 e. The summed E-state index contributed by atoms with van der Waals surface area (Å²) in [7, 11) is 0. The molecule has 0 spiro atoms. The van der Waals surface area contributed by atoms with Crippen molar-refractivity contribution in [3.63, 3.8) is 0 Å². The van der Waals surface area contributed by atoms with Crippen LogP contribution < -0.4 is 16.0 Å². The van der Waals surface area contributed by atoms with Crippen LogP contribution >= 0.6 is 0 Å². The van der Waals surface area contributed by atoms with E-state index >= 15 is 0 Å². The Morgan fingerprint density at radius 2 is 1.80 bits per heavy atom. The fourth-order valence-corrected chi connectivity index (χ4v) is 3.20. The number of amides is 1. The highest BCUT2D eigenvalue weighted by Gasteiger charge is 2.19. The molecule has 0 saturated carbocycles. The summed E-state index contributed by atoms with van der Waals surface area (Å²) >= 11 is 0. The lowest BCUT2D eigenvalue weighted by atomic mass is 10.1. The van der Waals surface area contributed by atoms with Gasteiger partial charge in [0.05, 0.1) is 6.54 Å². The summed E-state index contributed by atoms with van der Waals surface area (Å²) < 4.78 is 0. The molecule has 1 fully saturated rings. The topological polar surface area (TPSA) is 61.6 Å². The Morgan fingerprint density at radius 3 is 2.44 bits per heavy atom. The van der Waals surface area contributed by atoms with Crippen molar-refractivity contribution >= 4 is 23.0 Å². The molecule has 1 amide bonds. The van der Waals surface area contributed by atoms with Crippen molar-refractivity contribution < 1.29 is 4.79 Å². The molecular weight excluding hydrogens is 312 g/mol. The van der Waals surface area contributed by atoms with Gasteiger partial charge in [0.2, 0.25) is 5.91 Å². The molecule has 0 aliphatic carbocycles. The van der Waals surface area contributed by atoms with Crippen molar-refractivity contribution in [2.75, 3.05) is 48.7 Å². The Kier molecular flexibility index (Phi) is 5.56. The summed E-state index contributed by atoms with van der Waals surface area (Å²) in [5.41, 5.74) is 9.85. The minimum absolute atomic E-state index is 0.0109. The lowest BCUT2D eigenvalue weighted by Crippen LogP contribution is -2.48. The second-order valence-electron chi connectivity index (χ2n) is 6.41. The predicted molar refractivity (Wildman–Crippen MR) is 104 cm³/mol. The lowest BCUT2D eigenvalue weighted by molar-refractivity contribution is -0.117. The summed E-state index contributed by atoms with van der Waals surface area (Å²) in [6.07, 6.45) is 0.895. The maximum atomic E-state index is 12.3. The van der Waals surface area contributed by atoms with E-state index in [0.29, 0.717) is 6.54 Å². The van der Waals surface area contributed by atoms with E-state index in [9.17, 15) is 4.79 Å². The Hall–Kier alpha value is -2.53. The number of nitrogen functional groups attached to an aromatic ring is 1. The van der Waals surface area contributed by atoms with Gasteiger partial charge in [-0.25, -0.2) is 0 Å². The van der Waals surface area contributed by atoms with E-state index in [0.717, 1.165) is 49.5 Å². The van der Waals surface area contributed by atoms with Gasteiger partial charge in [0, 0.05) is 43.2 Å². The molecule has 0 bridgehead atoms. The van der Waals surface area contributed by atoms with Crippen molar-refractivity contribution in [3.8, 4) is 0 Å². The zero-order valence-electron chi connectivity index (χ0n) is 14.7. The molecule has 0 radical (unpaired) electrons. The number of rotatable bonds is 5. The van der Waals surface area contributed by atoms with Crippen molar-refractivity contribution in [2.24, 2.45) is 0 Å². The highest BCUT2D eigenvalue weighted by atomic mass is 16.2. The Balaban J connectivity index is 1.49. The van der Waals surface area contributed by atoms with E-state index < -0.39 is 0 Å². The molecule has 5 nitrogen and oxygen atoms in total. The standard InChI is InChI=1S/C20H26N4O/c1-2-16-8-9-17(14-19(16)21)22-20(25)15-23-10-12-24(13-11-23)18-6-4-3-5-7-18/h3-9,14H,2,10-13,15,21H2,1H3,(H,22,25). The van der Waals surface area contributed by atoms with Crippen LogP contribution in [-0.4, -0.2) is 43.5 Å². The van der Waals surface area contributed by atoms with Gasteiger partial charge < -0.3 is 16.0 Å². The first-order valence-corrected chi connectivity index (χ1v) is 8.86. The van der Waals surface area contributed by atoms with Crippen molar-refractivity contribution in [1.82, 2.24) is 4.90 Å². The van der Waals surface area contributed by atoms with Crippen molar-refractivity contribution in [2.45, 2.75) is 13.3 Å². The van der Waals surface area contributed by atoms with Crippen LogP contribution in [0.4, 0.5) is 17.1 Å². The molecule has 0 atom stereocenters. The molecule has 1 saturated heterocycles. The van der Waals surface area contributed by atoms with Gasteiger partial charge >= 0.3 is 0 Å². The number of piperazine rings is 1. The number of anilines is 3. The SMILES string of the molecule is CCc1ccc(NC(=O)CN2CCN(c3ccccc3)CC2)cc1N. The number of aryl methyl sites for hydroxylation is 1. The summed E-state index contributed by atoms with van der Waals surface area (Å²) in [6, 6.07) is 16.1. The van der Waals surface area contributed by atoms with Crippen LogP contribution in [0.25, 0.3) is 0 Å². The van der Waals surface area contributed by atoms with Crippen molar-refractivity contribution in [3.05, 3.63) is 54.1 Å². The van der Waals surface area contributed by atoms with E-state index in [1.54, 1.807) is 0 Å². The van der Waals surface area contributed by atoms with E-state index in [-0.39, 0.29) is 5.91 Å². The van der Waals surface area contributed by atoms with E-state index in [1.165, 1.54) is 5.69 Å².